The van der Waals surface area contributed by atoms with E-state index >= 15 is 0 Å². The van der Waals surface area contributed by atoms with Crippen LogP contribution in [0.4, 0.5) is 0 Å². The quantitative estimate of drug-likeness (QED) is 0.736. The first-order valence-electron chi connectivity index (χ1n) is 9.91. The van der Waals surface area contributed by atoms with Gasteiger partial charge in [-0.25, -0.2) is 4.98 Å². The Morgan fingerprint density at radius 2 is 1.96 bits per heavy atom. The van der Waals surface area contributed by atoms with E-state index in [4.69, 9.17) is 9.72 Å². The van der Waals surface area contributed by atoms with Gasteiger partial charge in [-0.15, -0.1) is 11.3 Å². The molecular formula is C20H27N3O3S. The Hall–Kier alpha value is -1.73. The molecule has 2 aliphatic carbocycles. The minimum Gasteiger partial charge on any atom is -0.461 e. The molecule has 27 heavy (non-hydrogen) atoms. The topological polar surface area (TPSA) is 64.4 Å². The smallest absolute Gasteiger partial charge is 0.326 e. The lowest BCUT2D eigenvalue weighted by Crippen LogP contribution is -2.32. The molecule has 0 bridgehead atoms. The van der Waals surface area contributed by atoms with Crippen LogP contribution in [0.15, 0.2) is 4.79 Å². The molecule has 0 spiro atoms. The monoisotopic (exact) mass is 389 g/mol. The molecule has 2 aromatic heterocycles. The Balaban J connectivity index is 1.72. The molecule has 4 rings (SSSR count). The van der Waals surface area contributed by atoms with Crippen LogP contribution >= 0.6 is 11.3 Å². The number of carbonyl (C=O) groups excluding carboxylic acids is 1. The van der Waals surface area contributed by atoms with Gasteiger partial charge in [0.05, 0.1) is 11.9 Å². The molecule has 0 aliphatic heterocycles. The van der Waals surface area contributed by atoms with Crippen molar-refractivity contribution in [3.63, 3.8) is 0 Å². The summed E-state index contributed by atoms with van der Waals surface area (Å²) in [6, 6.07) is 0. The predicted octanol–water partition coefficient (Wildman–Crippen LogP) is 2.88. The van der Waals surface area contributed by atoms with E-state index in [0.717, 1.165) is 60.7 Å². The average molecular weight is 390 g/mol. The van der Waals surface area contributed by atoms with Gasteiger partial charge in [0.25, 0.3) is 5.56 Å². The zero-order valence-corrected chi connectivity index (χ0v) is 16.9. The second-order valence-electron chi connectivity index (χ2n) is 7.94. The lowest BCUT2D eigenvalue weighted by Gasteiger charge is -2.17. The van der Waals surface area contributed by atoms with Gasteiger partial charge in [-0.2, -0.15) is 0 Å². The molecule has 0 atom stereocenters. The highest BCUT2D eigenvalue weighted by atomic mass is 32.1. The van der Waals surface area contributed by atoms with Crippen LogP contribution in [0.3, 0.4) is 0 Å². The summed E-state index contributed by atoms with van der Waals surface area (Å²) >= 11 is 1.65. The van der Waals surface area contributed by atoms with Crippen LogP contribution in [0.5, 0.6) is 0 Å². The Labute approximate surface area is 163 Å². The number of thiophene rings is 1. The first-order valence-corrected chi connectivity index (χ1v) is 10.7. The molecule has 2 heterocycles. The summed E-state index contributed by atoms with van der Waals surface area (Å²) in [6.07, 6.45) is 8.34. The number of aryl methyl sites for hydroxylation is 2. The normalized spacial score (nSPS) is 17.6. The summed E-state index contributed by atoms with van der Waals surface area (Å²) in [7, 11) is 3.88. The van der Waals surface area contributed by atoms with Gasteiger partial charge < -0.3 is 9.64 Å². The highest BCUT2D eigenvalue weighted by Crippen LogP contribution is 2.33. The van der Waals surface area contributed by atoms with Gasteiger partial charge in [0.2, 0.25) is 0 Å². The third-order valence-corrected chi connectivity index (χ3v) is 6.68. The number of nitrogens with zero attached hydrogens (tertiary/aromatic N) is 3. The van der Waals surface area contributed by atoms with Crippen LogP contribution < -0.4 is 5.56 Å². The molecule has 0 N–H and O–H groups in total. The van der Waals surface area contributed by atoms with Gasteiger partial charge in [-0.05, 0) is 71.0 Å². The molecule has 6 nitrogen and oxygen atoms in total. The zero-order chi connectivity index (χ0) is 19.0. The van der Waals surface area contributed by atoms with Crippen molar-refractivity contribution in [2.45, 2.75) is 70.6 Å². The van der Waals surface area contributed by atoms with Gasteiger partial charge in [0, 0.05) is 4.88 Å². The maximum atomic E-state index is 13.3. The van der Waals surface area contributed by atoms with Crippen molar-refractivity contribution in [1.82, 2.24) is 14.5 Å². The Bertz CT molecular complexity index is 909. The van der Waals surface area contributed by atoms with Crippen LogP contribution in [0.2, 0.25) is 0 Å². The number of ether oxygens (including phenoxy) is 1. The lowest BCUT2D eigenvalue weighted by molar-refractivity contribution is -0.149. The average Bonchev–Trinajstić information content (AvgIpc) is 3.24. The van der Waals surface area contributed by atoms with E-state index in [1.807, 2.05) is 19.0 Å². The molecule has 1 saturated carbocycles. The fourth-order valence-electron chi connectivity index (χ4n) is 4.21. The van der Waals surface area contributed by atoms with Crippen LogP contribution in [-0.2, 0) is 35.5 Å². The van der Waals surface area contributed by atoms with Crippen molar-refractivity contribution in [2.24, 2.45) is 0 Å². The lowest BCUT2D eigenvalue weighted by atomic mass is 9.97. The fourth-order valence-corrected chi connectivity index (χ4v) is 5.48. The maximum Gasteiger partial charge on any atom is 0.326 e. The van der Waals surface area contributed by atoms with Crippen molar-refractivity contribution < 1.29 is 9.53 Å². The minimum absolute atomic E-state index is 0.0103. The molecule has 1 fully saturated rings. The fraction of sp³-hybridized carbons (Fsp3) is 0.650. The molecule has 146 valence electrons. The number of esters is 1. The summed E-state index contributed by atoms with van der Waals surface area (Å²) in [4.78, 5) is 34.7. The predicted molar refractivity (Wildman–Crippen MR) is 106 cm³/mol. The highest BCUT2D eigenvalue weighted by Gasteiger charge is 2.24. The molecule has 7 heteroatoms. The summed E-state index contributed by atoms with van der Waals surface area (Å²) in [5, 5.41) is 0.728. The van der Waals surface area contributed by atoms with Crippen molar-refractivity contribution >= 4 is 27.5 Å². The van der Waals surface area contributed by atoms with E-state index in [9.17, 15) is 9.59 Å². The Kier molecular flexibility index (Phi) is 5.32. The zero-order valence-electron chi connectivity index (χ0n) is 16.1. The first-order chi connectivity index (χ1) is 13.0. The van der Waals surface area contributed by atoms with Crippen molar-refractivity contribution in [3.05, 3.63) is 26.6 Å². The van der Waals surface area contributed by atoms with Crippen LogP contribution in [0, 0.1) is 0 Å². The van der Waals surface area contributed by atoms with Crippen molar-refractivity contribution in [2.75, 3.05) is 14.1 Å². The van der Waals surface area contributed by atoms with Crippen LogP contribution in [0.25, 0.3) is 10.2 Å². The molecule has 0 saturated heterocycles. The van der Waals surface area contributed by atoms with E-state index < -0.39 is 0 Å². The summed E-state index contributed by atoms with van der Waals surface area (Å²) in [5.41, 5.74) is 1.08. The van der Waals surface area contributed by atoms with E-state index in [1.165, 1.54) is 11.3 Å². The third-order valence-electron chi connectivity index (χ3n) is 5.50. The molecule has 0 radical (unpaired) electrons. The molecule has 2 aromatic rings. The van der Waals surface area contributed by atoms with Crippen molar-refractivity contribution in [3.8, 4) is 0 Å². The standard InChI is InChI=1S/C20H27N3O3S/c1-22(2)11-16-21-19-18(14-9-5-6-10-15(14)27-19)20(25)23(16)12-17(24)26-13-7-3-4-8-13/h13H,3-12H2,1-2H3. The maximum absolute atomic E-state index is 13.3. The molecular weight excluding hydrogens is 362 g/mol. The highest BCUT2D eigenvalue weighted by molar-refractivity contribution is 7.18. The second-order valence-corrected chi connectivity index (χ2v) is 9.03. The number of hydrogen-bond donors (Lipinski definition) is 0. The Morgan fingerprint density at radius 3 is 2.70 bits per heavy atom. The van der Waals surface area contributed by atoms with E-state index in [1.54, 1.807) is 15.9 Å². The summed E-state index contributed by atoms with van der Waals surface area (Å²) in [5.74, 6) is 0.314. The number of aromatic nitrogens is 2. The van der Waals surface area contributed by atoms with Crippen LogP contribution in [-0.4, -0.2) is 40.6 Å². The van der Waals surface area contributed by atoms with Gasteiger partial charge in [0.1, 0.15) is 23.3 Å². The summed E-state index contributed by atoms with van der Waals surface area (Å²) < 4.78 is 7.14. The molecule has 0 aromatic carbocycles. The van der Waals surface area contributed by atoms with E-state index in [-0.39, 0.29) is 24.2 Å². The van der Waals surface area contributed by atoms with Gasteiger partial charge in [0.15, 0.2) is 0 Å². The number of carbonyl (C=O) groups is 1. The van der Waals surface area contributed by atoms with Gasteiger partial charge in [-0.3, -0.25) is 14.2 Å². The first kappa shape index (κ1) is 18.6. The third kappa shape index (κ3) is 3.80. The number of hydrogen-bond acceptors (Lipinski definition) is 6. The minimum atomic E-state index is -0.325. The van der Waals surface area contributed by atoms with Crippen LogP contribution in [0.1, 0.15) is 54.8 Å². The second kappa shape index (κ2) is 7.72. The number of rotatable bonds is 5. The van der Waals surface area contributed by atoms with Gasteiger partial charge in [-0.1, -0.05) is 0 Å². The van der Waals surface area contributed by atoms with Gasteiger partial charge >= 0.3 is 5.97 Å². The molecule has 0 unspecified atom stereocenters. The van der Waals surface area contributed by atoms with E-state index in [0.29, 0.717) is 12.4 Å². The Morgan fingerprint density at radius 1 is 1.22 bits per heavy atom. The largest absolute Gasteiger partial charge is 0.461 e. The van der Waals surface area contributed by atoms with Crippen molar-refractivity contribution in [1.29, 1.82) is 0 Å². The molecule has 0 amide bonds. The summed E-state index contributed by atoms with van der Waals surface area (Å²) in [6.45, 7) is 0.469. The number of fused-ring (bicyclic) bond motifs is 3. The SMILES string of the molecule is CN(C)Cc1nc2sc3c(c2c(=O)n1CC(=O)OC1CCCC1)CCCC3. The molecule has 2 aliphatic rings. The van der Waals surface area contributed by atoms with E-state index in [2.05, 4.69) is 0 Å².